The smallest absolute Gasteiger partial charge is 0.243 e. The highest BCUT2D eigenvalue weighted by Crippen LogP contribution is 2.24. The van der Waals surface area contributed by atoms with Crippen molar-refractivity contribution >= 4 is 56.6 Å². The summed E-state index contributed by atoms with van der Waals surface area (Å²) in [7, 11) is -2.63. The van der Waals surface area contributed by atoms with Crippen LogP contribution in [0, 0.1) is 0 Å². The Bertz CT molecular complexity index is 1110. The first-order valence-corrected chi connectivity index (χ1v) is 13.3. The lowest BCUT2D eigenvalue weighted by Crippen LogP contribution is -2.51. The monoisotopic (exact) mass is 547 g/mol. The highest BCUT2D eigenvalue weighted by Gasteiger charge is 2.31. The second-order valence-corrected chi connectivity index (χ2v) is 11.0. The van der Waals surface area contributed by atoms with Gasteiger partial charge in [-0.2, -0.15) is 4.31 Å². The molecule has 7 nitrogen and oxygen atoms in total. The Labute approximate surface area is 216 Å². The Hall–Kier alpha value is -1.84. The van der Waals surface area contributed by atoms with Crippen molar-refractivity contribution in [3.63, 3.8) is 0 Å². The van der Waals surface area contributed by atoms with E-state index in [9.17, 15) is 18.0 Å². The largest absolute Gasteiger partial charge is 0.354 e. The van der Waals surface area contributed by atoms with E-state index in [1.165, 1.54) is 36.2 Å². The van der Waals surface area contributed by atoms with Gasteiger partial charge < -0.3 is 10.2 Å². The number of sulfonamides is 1. The molecule has 0 aliphatic heterocycles. The summed E-state index contributed by atoms with van der Waals surface area (Å²) in [4.78, 5) is 27.6. The minimum atomic E-state index is -3.95. The molecular weight excluding hydrogens is 521 g/mol. The van der Waals surface area contributed by atoms with Crippen molar-refractivity contribution in [3.8, 4) is 0 Å². The zero-order valence-corrected chi connectivity index (χ0v) is 22.3. The number of nitrogens with one attached hydrogen (secondary N) is 1. The van der Waals surface area contributed by atoms with Gasteiger partial charge in [0.2, 0.25) is 21.8 Å². The number of carbonyl (C=O) groups excluding carboxylic acids is 2. The molecule has 1 N–H and O–H groups in total. The summed E-state index contributed by atoms with van der Waals surface area (Å²) >= 11 is 18.0. The number of carbonyl (C=O) groups is 2. The van der Waals surface area contributed by atoms with Gasteiger partial charge in [0.1, 0.15) is 6.04 Å². The van der Waals surface area contributed by atoms with Gasteiger partial charge in [-0.05, 0) is 54.8 Å². The van der Waals surface area contributed by atoms with E-state index in [0.29, 0.717) is 33.6 Å². The molecule has 1 atom stereocenters. The number of nitrogens with zero attached hydrogens (tertiary/aromatic N) is 2. The molecule has 2 aromatic rings. The molecule has 11 heteroatoms. The second-order valence-electron chi connectivity index (χ2n) is 7.70. The average Bonchev–Trinajstić information content (AvgIpc) is 2.79. The predicted octanol–water partition coefficient (Wildman–Crippen LogP) is 4.60. The summed E-state index contributed by atoms with van der Waals surface area (Å²) in [5.74, 6) is -0.828. The quantitative estimate of drug-likeness (QED) is 0.445. The van der Waals surface area contributed by atoms with Gasteiger partial charge >= 0.3 is 0 Å². The molecule has 2 aromatic carbocycles. The van der Waals surface area contributed by atoms with E-state index in [1.807, 2.05) is 6.92 Å². The molecule has 0 unspecified atom stereocenters. The first-order chi connectivity index (χ1) is 16.0. The van der Waals surface area contributed by atoms with E-state index < -0.39 is 28.5 Å². The van der Waals surface area contributed by atoms with Crippen molar-refractivity contribution in [1.82, 2.24) is 14.5 Å². The molecule has 0 radical (unpaired) electrons. The number of halogens is 3. The molecule has 0 spiro atoms. The Morgan fingerprint density at radius 2 is 1.65 bits per heavy atom. The minimum absolute atomic E-state index is 0.0102. The van der Waals surface area contributed by atoms with E-state index >= 15 is 0 Å². The molecule has 0 heterocycles. The molecule has 186 valence electrons. The van der Waals surface area contributed by atoms with Crippen molar-refractivity contribution in [2.75, 3.05) is 20.1 Å². The van der Waals surface area contributed by atoms with Gasteiger partial charge in [0, 0.05) is 25.2 Å². The van der Waals surface area contributed by atoms with Crippen LogP contribution in [0.5, 0.6) is 0 Å². The molecular formula is C23H28Cl3N3O4S. The number of hydrogen-bond acceptors (Lipinski definition) is 4. The van der Waals surface area contributed by atoms with Crippen molar-refractivity contribution in [1.29, 1.82) is 0 Å². The fourth-order valence-corrected chi connectivity index (χ4v) is 4.84. The number of likely N-dealkylation sites (N-methyl/N-ethyl adjacent to an activating group) is 1. The Morgan fingerprint density at radius 1 is 1.00 bits per heavy atom. The maximum absolute atomic E-state index is 13.4. The van der Waals surface area contributed by atoms with E-state index in [0.717, 1.165) is 10.7 Å². The maximum atomic E-state index is 13.4. The van der Waals surface area contributed by atoms with Crippen LogP contribution >= 0.6 is 34.8 Å². The van der Waals surface area contributed by atoms with Gasteiger partial charge in [-0.25, -0.2) is 8.42 Å². The molecule has 0 fully saturated rings. The molecule has 34 heavy (non-hydrogen) atoms. The van der Waals surface area contributed by atoms with Crippen molar-refractivity contribution in [2.24, 2.45) is 0 Å². The summed E-state index contributed by atoms with van der Waals surface area (Å²) in [6.45, 7) is 3.79. The fraction of sp³-hybridized carbons (Fsp3) is 0.391. The average molecular weight is 549 g/mol. The van der Waals surface area contributed by atoms with E-state index in [4.69, 9.17) is 34.8 Å². The molecule has 0 saturated heterocycles. The van der Waals surface area contributed by atoms with Crippen LogP contribution in [-0.4, -0.2) is 55.6 Å². The molecule has 0 aromatic heterocycles. The first kappa shape index (κ1) is 28.4. The molecule has 2 amide bonds. The summed E-state index contributed by atoms with van der Waals surface area (Å²) < 4.78 is 26.9. The zero-order valence-electron chi connectivity index (χ0n) is 19.2. The minimum Gasteiger partial charge on any atom is -0.354 e. The van der Waals surface area contributed by atoms with Crippen molar-refractivity contribution < 1.29 is 18.0 Å². The lowest BCUT2D eigenvalue weighted by atomic mass is 10.1. The third-order valence-electron chi connectivity index (χ3n) is 5.15. The number of rotatable bonds is 11. The van der Waals surface area contributed by atoms with Gasteiger partial charge in [-0.15, -0.1) is 0 Å². The number of benzene rings is 2. The molecule has 0 aliphatic rings. The van der Waals surface area contributed by atoms with Gasteiger partial charge in [0.25, 0.3) is 0 Å². The lowest BCUT2D eigenvalue weighted by Gasteiger charge is -2.32. The summed E-state index contributed by atoms with van der Waals surface area (Å²) in [6.07, 6.45) is 1.08. The number of amides is 2. The first-order valence-electron chi connectivity index (χ1n) is 10.7. The Balaban J connectivity index is 2.33. The van der Waals surface area contributed by atoms with Crippen LogP contribution in [0.25, 0.3) is 0 Å². The molecule has 0 saturated carbocycles. The number of hydrogen-bond donors (Lipinski definition) is 1. The highest BCUT2D eigenvalue weighted by atomic mass is 35.5. The van der Waals surface area contributed by atoms with Crippen LogP contribution in [0.2, 0.25) is 15.1 Å². The van der Waals surface area contributed by atoms with Crippen LogP contribution < -0.4 is 5.32 Å². The lowest BCUT2D eigenvalue weighted by molar-refractivity contribution is -0.141. The van der Waals surface area contributed by atoms with Crippen LogP contribution in [0.4, 0.5) is 0 Å². The third-order valence-corrected chi connectivity index (χ3v) is 7.96. The maximum Gasteiger partial charge on any atom is 0.243 e. The van der Waals surface area contributed by atoms with Crippen LogP contribution in [0.3, 0.4) is 0 Å². The second kappa shape index (κ2) is 12.7. The Kier molecular flexibility index (Phi) is 10.6. The SMILES string of the molecule is CCCNC(=O)[C@H](CC)N(Cc1ccc(Cl)c(Cl)c1)C(=O)CN(C)S(=O)(=O)c1ccc(Cl)cc1. The van der Waals surface area contributed by atoms with Gasteiger partial charge in [0.05, 0.1) is 21.5 Å². The van der Waals surface area contributed by atoms with Crippen LogP contribution in [-0.2, 0) is 26.2 Å². The summed E-state index contributed by atoms with van der Waals surface area (Å²) in [5.41, 5.74) is 0.660. The normalized spacial score (nSPS) is 12.4. The zero-order chi connectivity index (χ0) is 25.5. The van der Waals surface area contributed by atoms with Gasteiger partial charge in [-0.1, -0.05) is 54.7 Å². The summed E-state index contributed by atoms with van der Waals surface area (Å²) in [6, 6.07) is 9.82. The highest BCUT2D eigenvalue weighted by molar-refractivity contribution is 7.89. The molecule has 0 aliphatic carbocycles. The fourth-order valence-electron chi connectivity index (χ4n) is 3.27. The predicted molar refractivity (Wildman–Crippen MR) is 136 cm³/mol. The Morgan fingerprint density at radius 3 is 2.21 bits per heavy atom. The standard InChI is InChI=1S/C23H28Cl3N3O4S/c1-4-12-27-23(31)21(5-2)29(14-16-6-11-19(25)20(26)13-16)22(30)15-28(3)34(32,33)18-9-7-17(24)8-10-18/h6-11,13,21H,4-5,12,14-15H2,1-3H3,(H,27,31)/t21-/m0/s1. The van der Waals surface area contributed by atoms with E-state index in [2.05, 4.69) is 5.32 Å². The van der Waals surface area contributed by atoms with Crippen molar-refractivity contribution in [3.05, 3.63) is 63.1 Å². The van der Waals surface area contributed by atoms with Crippen LogP contribution in [0.15, 0.2) is 47.4 Å². The van der Waals surface area contributed by atoms with Gasteiger partial charge in [-0.3, -0.25) is 9.59 Å². The van der Waals surface area contributed by atoms with Crippen molar-refractivity contribution in [2.45, 2.75) is 44.2 Å². The third kappa shape index (κ3) is 7.33. The van der Waals surface area contributed by atoms with Crippen LogP contribution in [0.1, 0.15) is 32.3 Å². The van der Waals surface area contributed by atoms with E-state index in [-0.39, 0.29) is 17.3 Å². The summed E-state index contributed by atoms with van der Waals surface area (Å²) in [5, 5.41) is 3.90. The van der Waals surface area contributed by atoms with Gasteiger partial charge in [0.15, 0.2) is 0 Å². The molecule has 0 bridgehead atoms. The van der Waals surface area contributed by atoms with E-state index in [1.54, 1.807) is 25.1 Å². The topological polar surface area (TPSA) is 86.8 Å². The molecule has 2 rings (SSSR count).